The lowest BCUT2D eigenvalue weighted by molar-refractivity contribution is -0.139. The van der Waals surface area contributed by atoms with Gasteiger partial charge in [-0.1, -0.05) is 29.8 Å². The lowest BCUT2D eigenvalue weighted by atomic mass is 10.1. The summed E-state index contributed by atoms with van der Waals surface area (Å²) in [5.41, 5.74) is 0.0300. The molecule has 3 N–H and O–H groups in total. The first-order chi connectivity index (χ1) is 11.8. The molecule has 0 spiro atoms. The fraction of sp³-hybridized carbons (Fsp3) is 0.118. The zero-order valence-corrected chi connectivity index (χ0v) is 13.8. The molecular weight excluding hydrogens is 351 g/mol. The van der Waals surface area contributed by atoms with Crippen LogP contribution in [-0.4, -0.2) is 22.9 Å². The smallest absolute Gasteiger partial charge is 0.330 e. The fourth-order valence-electron chi connectivity index (χ4n) is 2.15. The highest BCUT2D eigenvalue weighted by atomic mass is 35.5. The average molecular weight is 365 g/mol. The van der Waals surface area contributed by atoms with E-state index in [1.54, 1.807) is 12.1 Å². The SMILES string of the molecule is CC(=O)Nc1cc(C(=O)N[C@@H](C(=O)O)c2ccccc2Cl)ccc1F. The van der Waals surface area contributed by atoms with Gasteiger partial charge in [0.15, 0.2) is 6.04 Å². The third-order valence-electron chi connectivity index (χ3n) is 3.28. The van der Waals surface area contributed by atoms with E-state index in [1.165, 1.54) is 25.1 Å². The summed E-state index contributed by atoms with van der Waals surface area (Å²) >= 11 is 5.98. The molecule has 6 nitrogen and oxygen atoms in total. The zero-order valence-electron chi connectivity index (χ0n) is 13.0. The van der Waals surface area contributed by atoms with E-state index < -0.39 is 29.6 Å². The van der Waals surface area contributed by atoms with Gasteiger partial charge in [0.05, 0.1) is 5.69 Å². The Morgan fingerprint density at radius 1 is 1.16 bits per heavy atom. The number of hydrogen-bond acceptors (Lipinski definition) is 3. The number of carbonyl (C=O) groups is 3. The number of hydrogen-bond donors (Lipinski definition) is 3. The summed E-state index contributed by atoms with van der Waals surface area (Å²) < 4.78 is 13.6. The monoisotopic (exact) mass is 364 g/mol. The van der Waals surface area contributed by atoms with Crippen molar-refractivity contribution in [2.75, 3.05) is 5.32 Å². The van der Waals surface area contributed by atoms with Crippen molar-refractivity contribution in [3.63, 3.8) is 0 Å². The molecule has 0 aromatic heterocycles. The molecule has 0 heterocycles. The van der Waals surface area contributed by atoms with Crippen molar-refractivity contribution in [2.45, 2.75) is 13.0 Å². The minimum atomic E-state index is -1.38. The van der Waals surface area contributed by atoms with Crippen molar-refractivity contribution in [2.24, 2.45) is 0 Å². The summed E-state index contributed by atoms with van der Waals surface area (Å²) in [4.78, 5) is 34.9. The topological polar surface area (TPSA) is 95.5 Å². The second-order valence-electron chi connectivity index (χ2n) is 5.14. The number of amides is 2. The van der Waals surface area contributed by atoms with Crippen LogP contribution in [0.1, 0.15) is 28.9 Å². The van der Waals surface area contributed by atoms with Crippen LogP contribution >= 0.6 is 11.6 Å². The van der Waals surface area contributed by atoms with E-state index in [2.05, 4.69) is 10.6 Å². The Bertz CT molecular complexity index is 841. The zero-order chi connectivity index (χ0) is 18.6. The lowest BCUT2D eigenvalue weighted by Crippen LogP contribution is -2.34. The number of carboxylic acid groups (broad SMARTS) is 1. The number of nitrogens with one attached hydrogen (secondary N) is 2. The summed E-state index contributed by atoms with van der Waals surface area (Å²) in [5.74, 6) is -3.27. The first kappa shape index (κ1) is 18.4. The van der Waals surface area contributed by atoms with E-state index in [0.29, 0.717) is 0 Å². The van der Waals surface area contributed by atoms with Gasteiger partial charge in [0.1, 0.15) is 5.82 Å². The van der Waals surface area contributed by atoms with Crippen molar-refractivity contribution in [3.8, 4) is 0 Å². The molecule has 2 aromatic rings. The molecule has 1 atom stereocenters. The Morgan fingerprint density at radius 3 is 2.44 bits per heavy atom. The van der Waals surface area contributed by atoms with Gasteiger partial charge in [0.25, 0.3) is 5.91 Å². The molecule has 0 aliphatic carbocycles. The maximum atomic E-state index is 13.6. The van der Waals surface area contributed by atoms with E-state index >= 15 is 0 Å². The molecule has 130 valence electrons. The molecule has 2 aromatic carbocycles. The molecule has 25 heavy (non-hydrogen) atoms. The van der Waals surface area contributed by atoms with Crippen LogP contribution in [-0.2, 0) is 9.59 Å². The van der Waals surface area contributed by atoms with Gasteiger partial charge in [-0.3, -0.25) is 9.59 Å². The van der Waals surface area contributed by atoms with Crippen LogP contribution in [0.3, 0.4) is 0 Å². The molecule has 0 aliphatic rings. The van der Waals surface area contributed by atoms with Gasteiger partial charge in [0.2, 0.25) is 5.91 Å². The van der Waals surface area contributed by atoms with Crippen LogP contribution in [0.4, 0.5) is 10.1 Å². The number of halogens is 2. The van der Waals surface area contributed by atoms with Crippen LogP contribution in [0.15, 0.2) is 42.5 Å². The summed E-state index contributed by atoms with van der Waals surface area (Å²) in [7, 11) is 0. The van der Waals surface area contributed by atoms with Crippen LogP contribution in [0, 0.1) is 5.82 Å². The molecule has 0 radical (unpaired) electrons. The first-order valence-electron chi connectivity index (χ1n) is 7.15. The van der Waals surface area contributed by atoms with E-state index in [9.17, 15) is 23.9 Å². The largest absolute Gasteiger partial charge is 0.479 e. The normalized spacial score (nSPS) is 11.5. The Hall–Kier alpha value is -2.93. The van der Waals surface area contributed by atoms with Crippen molar-refractivity contribution in [3.05, 3.63) is 64.4 Å². The fourth-order valence-corrected chi connectivity index (χ4v) is 2.39. The molecule has 0 aliphatic heterocycles. The van der Waals surface area contributed by atoms with Crippen molar-refractivity contribution < 1.29 is 23.9 Å². The molecule has 0 unspecified atom stereocenters. The van der Waals surface area contributed by atoms with Crippen LogP contribution < -0.4 is 10.6 Å². The van der Waals surface area contributed by atoms with E-state index in [-0.39, 0.29) is 21.8 Å². The predicted molar refractivity (Wildman–Crippen MR) is 90.0 cm³/mol. The van der Waals surface area contributed by atoms with E-state index in [4.69, 9.17) is 11.6 Å². The molecule has 0 saturated heterocycles. The number of carbonyl (C=O) groups excluding carboxylic acids is 2. The Kier molecular flexibility index (Phi) is 5.71. The van der Waals surface area contributed by atoms with E-state index in [0.717, 1.165) is 12.1 Å². The van der Waals surface area contributed by atoms with Gasteiger partial charge in [-0.05, 0) is 24.3 Å². The molecule has 2 amide bonds. The second kappa shape index (κ2) is 7.76. The maximum absolute atomic E-state index is 13.6. The molecule has 8 heteroatoms. The van der Waals surface area contributed by atoms with Gasteiger partial charge >= 0.3 is 5.97 Å². The first-order valence-corrected chi connectivity index (χ1v) is 7.52. The van der Waals surface area contributed by atoms with Crippen molar-refractivity contribution >= 4 is 35.1 Å². The Labute approximate surface area is 147 Å². The van der Waals surface area contributed by atoms with Crippen LogP contribution in [0.2, 0.25) is 5.02 Å². The summed E-state index contributed by atoms with van der Waals surface area (Å²) in [6.45, 7) is 1.20. The predicted octanol–water partition coefficient (Wildman–Crippen LogP) is 2.99. The minimum absolute atomic E-state index is 0.0107. The van der Waals surface area contributed by atoms with Crippen molar-refractivity contribution in [1.82, 2.24) is 5.32 Å². The lowest BCUT2D eigenvalue weighted by Gasteiger charge is -2.16. The molecule has 0 saturated carbocycles. The standard InChI is InChI=1S/C17H14ClFN2O4/c1-9(22)20-14-8-10(6-7-13(14)19)16(23)21-15(17(24)25)11-4-2-3-5-12(11)18/h2-8,15H,1H3,(H,20,22)(H,21,23)(H,24,25)/t15-/m1/s1. The highest BCUT2D eigenvalue weighted by molar-refractivity contribution is 6.31. The minimum Gasteiger partial charge on any atom is -0.479 e. The summed E-state index contributed by atoms with van der Waals surface area (Å²) in [6.07, 6.45) is 0. The van der Waals surface area contributed by atoms with Crippen LogP contribution in [0.25, 0.3) is 0 Å². The highest BCUT2D eigenvalue weighted by Crippen LogP contribution is 2.24. The number of aliphatic carboxylic acids is 1. The van der Waals surface area contributed by atoms with Gasteiger partial charge in [-0.2, -0.15) is 0 Å². The quantitative estimate of drug-likeness (QED) is 0.760. The van der Waals surface area contributed by atoms with Gasteiger partial charge in [0, 0.05) is 23.1 Å². The van der Waals surface area contributed by atoms with E-state index in [1.807, 2.05) is 0 Å². The maximum Gasteiger partial charge on any atom is 0.330 e. The summed E-state index contributed by atoms with van der Waals surface area (Å²) in [5, 5.41) is 14.1. The van der Waals surface area contributed by atoms with Gasteiger partial charge < -0.3 is 15.7 Å². The number of anilines is 1. The average Bonchev–Trinajstić information content (AvgIpc) is 2.54. The van der Waals surface area contributed by atoms with Crippen molar-refractivity contribution in [1.29, 1.82) is 0 Å². The second-order valence-corrected chi connectivity index (χ2v) is 5.55. The van der Waals surface area contributed by atoms with Gasteiger partial charge in [-0.25, -0.2) is 9.18 Å². The number of rotatable bonds is 5. The number of benzene rings is 2. The molecular formula is C17H14ClFN2O4. The highest BCUT2D eigenvalue weighted by Gasteiger charge is 2.25. The molecule has 0 fully saturated rings. The number of carboxylic acids is 1. The molecule has 0 bridgehead atoms. The Balaban J connectivity index is 2.29. The Morgan fingerprint density at radius 2 is 1.84 bits per heavy atom. The molecule has 2 rings (SSSR count). The van der Waals surface area contributed by atoms with Gasteiger partial charge in [-0.15, -0.1) is 0 Å². The third-order valence-corrected chi connectivity index (χ3v) is 3.62. The van der Waals surface area contributed by atoms with Crippen LogP contribution in [0.5, 0.6) is 0 Å². The third kappa shape index (κ3) is 4.54. The summed E-state index contributed by atoms with van der Waals surface area (Å²) in [6, 6.07) is 8.14.